The first-order valence-corrected chi connectivity index (χ1v) is 4.79. The molecule has 7 nitrogen and oxygen atoms in total. The zero-order valence-electron chi connectivity index (χ0n) is 7.64. The number of primary amides is 1. The molecule has 0 radical (unpaired) electrons. The molecule has 82 valence electrons. The lowest BCUT2D eigenvalue weighted by molar-refractivity contribution is -0.125. The van der Waals surface area contributed by atoms with Gasteiger partial charge in [0.15, 0.2) is 0 Å². The molecule has 1 unspecified atom stereocenters. The number of rotatable bonds is 4. The molecule has 0 aliphatic carbocycles. The van der Waals surface area contributed by atoms with Gasteiger partial charge in [0.1, 0.15) is 16.5 Å². The Morgan fingerprint density at radius 3 is 2.87 bits per heavy atom. The molecule has 0 bridgehead atoms. The van der Waals surface area contributed by atoms with Crippen molar-refractivity contribution >= 4 is 33.6 Å². The Morgan fingerprint density at radius 2 is 2.33 bits per heavy atom. The van der Waals surface area contributed by atoms with Crippen LogP contribution in [-0.2, 0) is 4.79 Å². The molecular weight excluding hydrogens is 266 g/mol. The Labute approximate surface area is 94.0 Å². The molecule has 0 aromatic carbocycles. The van der Waals surface area contributed by atoms with Crippen LogP contribution >= 0.6 is 15.9 Å². The molecule has 6 N–H and O–H groups in total. The van der Waals surface area contributed by atoms with Crippen LogP contribution < -0.4 is 16.8 Å². The van der Waals surface area contributed by atoms with E-state index in [1.54, 1.807) is 0 Å². The van der Waals surface area contributed by atoms with Crippen LogP contribution in [0.5, 0.6) is 0 Å². The largest absolute Gasteiger partial charge is 0.383 e. The summed E-state index contributed by atoms with van der Waals surface area (Å²) in [7, 11) is 0. The molecule has 1 amide bonds. The first-order valence-electron chi connectivity index (χ1n) is 4.00. The van der Waals surface area contributed by atoms with E-state index >= 15 is 0 Å². The van der Waals surface area contributed by atoms with Gasteiger partial charge in [-0.1, -0.05) is 0 Å². The number of nitrogen functional groups attached to an aromatic ring is 1. The minimum Gasteiger partial charge on any atom is -0.383 e. The van der Waals surface area contributed by atoms with Gasteiger partial charge in [-0.15, -0.1) is 0 Å². The second-order valence-electron chi connectivity index (χ2n) is 2.74. The van der Waals surface area contributed by atoms with Gasteiger partial charge in [-0.3, -0.25) is 4.79 Å². The first kappa shape index (κ1) is 11.7. The average molecular weight is 276 g/mol. The number of carbonyl (C=O) groups is 1. The molecule has 0 aliphatic heterocycles. The van der Waals surface area contributed by atoms with Gasteiger partial charge in [-0.25, -0.2) is 4.98 Å². The zero-order chi connectivity index (χ0) is 11.4. The SMILES string of the molecule is NC(=O)C(O)CNc1nc(N)cc(Br)n1. The summed E-state index contributed by atoms with van der Waals surface area (Å²) in [6.45, 7) is -0.0643. The van der Waals surface area contributed by atoms with Crippen molar-refractivity contribution in [2.45, 2.75) is 6.10 Å². The van der Waals surface area contributed by atoms with E-state index in [2.05, 4.69) is 31.2 Å². The normalized spacial score (nSPS) is 12.1. The fourth-order valence-corrected chi connectivity index (χ4v) is 1.21. The van der Waals surface area contributed by atoms with E-state index in [0.29, 0.717) is 4.60 Å². The molecule has 0 saturated carbocycles. The fraction of sp³-hybridized carbons (Fsp3) is 0.286. The highest BCUT2D eigenvalue weighted by Crippen LogP contribution is 2.11. The Bertz CT molecular complexity index is 352. The number of nitrogens with one attached hydrogen (secondary N) is 1. The molecule has 1 aromatic heterocycles. The third-order valence-electron chi connectivity index (χ3n) is 1.50. The van der Waals surface area contributed by atoms with Gasteiger partial charge in [0.05, 0.1) is 6.54 Å². The topological polar surface area (TPSA) is 127 Å². The van der Waals surface area contributed by atoms with E-state index < -0.39 is 12.0 Å². The van der Waals surface area contributed by atoms with E-state index in [1.807, 2.05) is 0 Å². The number of nitrogens with two attached hydrogens (primary N) is 2. The van der Waals surface area contributed by atoms with Crippen LogP contribution in [0.2, 0.25) is 0 Å². The van der Waals surface area contributed by atoms with Crippen molar-refractivity contribution in [3.05, 3.63) is 10.7 Å². The molecule has 1 aromatic rings. The number of aliphatic hydroxyl groups excluding tert-OH is 1. The Balaban J connectivity index is 2.61. The third kappa shape index (κ3) is 3.68. The molecule has 0 saturated heterocycles. The quantitative estimate of drug-likeness (QED) is 0.527. The van der Waals surface area contributed by atoms with E-state index in [9.17, 15) is 4.79 Å². The fourth-order valence-electron chi connectivity index (χ4n) is 0.803. The van der Waals surface area contributed by atoms with Crippen molar-refractivity contribution in [2.75, 3.05) is 17.6 Å². The summed E-state index contributed by atoms with van der Waals surface area (Å²) in [5.41, 5.74) is 10.3. The number of aliphatic hydroxyl groups is 1. The summed E-state index contributed by atoms with van der Waals surface area (Å²) in [6.07, 6.45) is -1.28. The number of hydrogen-bond donors (Lipinski definition) is 4. The van der Waals surface area contributed by atoms with E-state index in [1.165, 1.54) is 6.07 Å². The van der Waals surface area contributed by atoms with Gasteiger partial charge in [-0.05, 0) is 15.9 Å². The maximum absolute atomic E-state index is 10.5. The van der Waals surface area contributed by atoms with Crippen molar-refractivity contribution in [2.24, 2.45) is 5.73 Å². The Hall–Kier alpha value is -1.41. The van der Waals surface area contributed by atoms with Crippen LogP contribution in [0.4, 0.5) is 11.8 Å². The maximum atomic E-state index is 10.5. The minimum atomic E-state index is -1.28. The predicted octanol–water partition coefficient (Wildman–Crippen LogP) is -0.921. The smallest absolute Gasteiger partial charge is 0.248 e. The number of amides is 1. The molecule has 1 atom stereocenters. The van der Waals surface area contributed by atoms with Crippen molar-refractivity contribution in [3.8, 4) is 0 Å². The van der Waals surface area contributed by atoms with Gasteiger partial charge < -0.3 is 21.9 Å². The maximum Gasteiger partial charge on any atom is 0.248 e. The monoisotopic (exact) mass is 275 g/mol. The molecule has 1 rings (SSSR count). The Morgan fingerprint density at radius 1 is 1.67 bits per heavy atom. The molecular formula is C7H10BrN5O2. The van der Waals surface area contributed by atoms with Crippen LogP contribution in [0.25, 0.3) is 0 Å². The highest BCUT2D eigenvalue weighted by Gasteiger charge is 2.11. The molecule has 8 heteroatoms. The molecule has 0 aliphatic rings. The van der Waals surface area contributed by atoms with Crippen LogP contribution in [0.1, 0.15) is 0 Å². The van der Waals surface area contributed by atoms with Gasteiger partial charge in [0, 0.05) is 6.07 Å². The number of aromatic nitrogens is 2. The standard InChI is InChI=1S/C7H10BrN5O2/c8-4-1-5(9)13-7(12-4)11-2-3(14)6(10)15/h1,3,14H,2H2,(H2,10,15)(H3,9,11,12,13). The third-order valence-corrected chi connectivity index (χ3v) is 1.90. The number of hydrogen-bond acceptors (Lipinski definition) is 6. The van der Waals surface area contributed by atoms with Crippen molar-refractivity contribution < 1.29 is 9.90 Å². The Kier molecular flexibility index (Phi) is 3.81. The van der Waals surface area contributed by atoms with Crippen LogP contribution in [-0.4, -0.2) is 33.6 Å². The summed E-state index contributed by atoms with van der Waals surface area (Å²) in [4.78, 5) is 18.3. The number of carbonyl (C=O) groups excluding carboxylic acids is 1. The van der Waals surface area contributed by atoms with Gasteiger partial charge in [-0.2, -0.15) is 4.98 Å². The first-order chi connectivity index (χ1) is 6.99. The molecule has 15 heavy (non-hydrogen) atoms. The zero-order valence-corrected chi connectivity index (χ0v) is 9.23. The van der Waals surface area contributed by atoms with Crippen molar-refractivity contribution in [1.29, 1.82) is 0 Å². The lowest BCUT2D eigenvalue weighted by Crippen LogP contribution is -2.34. The van der Waals surface area contributed by atoms with Crippen LogP contribution in [0.15, 0.2) is 10.7 Å². The van der Waals surface area contributed by atoms with Crippen LogP contribution in [0, 0.1) is 0 Å². The van der Waals surface area contributed by atoms with Crippen molar-refractivity contribution in [3.63, 3.8) is 0 Å². The highest BCUT2D eigenvalue weighted by molar-refractivity contribution is 9.10. The van der Waals surface area contributed by atoms with Crippen molar-refractivity contribution in [1.82, 2.24) is 9.97 Å². The molecule has 0 spiro atoms. The lowest BCUT2D eigenvalue weighted by atomic mass is 10.3. The summed E-state index contributed by atoms with van der Waals surface area (Å²) in [6, 6.07) is 1.52. The number of halogens is 1. The minimum absolute atomic E-state index is 0.0643. The summed E-state index contributed by atoms with van der Waals surface area (Å²) < 4.78 is 0.506. The van der Waals surface area contributed by atoms with E-state index in [4.69, 9.17) is 16.6 Å². The predicted molar refractivity (Wildman–Crippen MR) is 57.8 cm³/mol. The highest BCUT2D eigenvalue weighted by atomic mass is 79.9. The van der Waals surface area contributed by atoms with Gasteiger partial charge in [0.25, 0.3) is 0 Å². The summed E-state index contributed by atoms with van der Waals surface area (Å²) in [5.74, 6) is -0.333. The van der Waals surface area contributed by atoms with E-state index in [-0.39, 0.29) is 18.3 Å². The number of nitrogens with zero attached hydrogens (tertiary/aromatic N) is 2. The summed E-state index contributed by atoms with van der Waals surface area (Å²) in [5, 5.41) is 11.7. The second kappa shape index (κ2) is 4.89. The molecule has 1 heterocycles. The van der Waals surface area contributed by atoms with Gasteiger partial charge in [0.2, 0.25) is 11.9 Å². The van der Waals surface area contributed by atoms with Crippen LogP contribution in [0.3, 0.4) is 0 Å². The van der Waals surface area contributed by atoms with E-state index in [0.717, 1.165) is 0 Å². The number of anilines is 2. The second-order valence-corrected chi connectivity index (χ2v) is 3.55. The van der Waals surface area contributed by atoms with Gasteiger partial charge >= 0.3 is 0 Å². The average Bonchev–Trinajstić information content (AvgIpc) is 2.12. The molecule has 0 fully saturated rings. The lowest BCUT2D eigenvalue weighted by Gasteiger charge is -2.08. The summed E-state index contributed by atoms with van der Waals surface area (Å²) >= 11 is 3.12.